The van der Waals surface area contributed by atoms with Crippen LogP contribution in [0.2, 0.25) is 0 Å². The van der Waals surface area contributed by atoms with Gasteiger partial charge in [0, 0.05) is 42.5 Å². The van der Waals surface area contributed by atoms with E-state index in [2.05, 4.69) is 33.8 Å². The Balaban J connectivity index is 1.78. The number of nitrogens with zero attached hydrogens (tertiary/aromatic N) is 2. The molecule has 0 saturated carbocycles. The molecule has 0 amide bonds. The molecule has 2 aliphatic heterocycles. The molecule has 3 heterocycles. The maximum Gasteiger partial charge on any atom is 0.417 e. The van der Waals surface area contributed by atoms with Gasteiger partial charge < -0.3 is 15.2 Å². The lowest BCUT2D eigenvalue weighted by molar-refractivity contribution is -0.155. The molecule has 0 spiro atoms. The lowest BCUT2D eigenvalue weighted by Gasteiger charge is -2.45. The van der Waals surface area contributed by atoms with Crippen LogP contribution in [0.1, 0.15) is 56.5 Å². The number of likely N-dealkylation sites (tertiary alicyclic amines) is 1. The summed E-state index contributed by atoms with van der Waals surface area (Å²) in [6.07, 6.45) is -0.705. The summed E-state index contributed by atoms with van der Waals surface area (Å²) in [5, 5.41) is 12.2. The van der Waals surface area contributed by atoms with Crippen LogP contribution in [0.5, 0.6) is 5.88 Å². The number of piperidine rings is 1. The van der Waals surface area contributed by atoms with Gasteiger partial charge in [0.2, 0.25) is 5.88 Å². The Morgan fingerprint density at radius 1 is 1.40 bits per heavy atom. The SMILES string of the molecule is CCC[C@@]1(C(=O)O)C[C@@H](C(C)C)CN(CC2=CNC(c3cc(C(F)(F)F)cnc3OC(F)F)S2)C1. The Morgan fingerprint density at radius 2 is 2.11 bits per heavy atom. The number of thioether (sulfide) groups is 1. The van der Waals surface area contributed by atoms with Gasteiger partial charge in [0.25, 0.3) is 0 Å². The standard InChI is InChI=1S/C23H30F5N3O3S/c1-4-5-22(20(32)33)7-14(13(2)3)10-31(12-22)11-16-9-30-19(35-16)17-6-15(23(26,27)28)8-29-18(17)34-21(24)25/h6,8-9,13-14,19,21,30H,4-5,7,10-12H2,1-3H3,(H,32,33)/t14-,19?,22-/m1/s1. The Bertz CT molecular complexity index is 943. The fourth-order valence-corrected chi connectivity index (χ4v) is 5.91. The van der Waals surface area contributed by atoms with Crippen molar-refractivity contribution >= 4 is 17.7 Å². The lowest BCUT2D eigenvalue weighted by Crippen LogP contribution is -2.52. The van der Waals surface area contributed by atoms with Crippen LogP contribution in [0.25, 0.3) is 0 Å². The van der Waals surface area contributed by atoms with Gasteiger partial charge in [0.05, 0.1) is 11.0 Å². The highest BCUT2D eigenvalue weighted by Gasteiger charge is 2.46. The monoisotopic (exact) mass is 523 g/mol. The number of alkyl halides is 5. The highest BCUT2D eigenvalue weighted by Crippen LogP contribution is 2.45. The number of aliphatic carboxylic acids is 1. The minimum atomic E-state index is -4.69. The molecule has 3 rings (SSSR count). The zero-order chi connectivity index (χ0) is 26.0. The molecule has 3 atom stereocenters. The molecule has 35 heavy (non-hydrogen) atoms. The second-order valence-electron chi connectivity index (χ2n) is 9.48. The number of carbonyl (C=O) groups is 1. The molecule has 1 unspecified atom stereocenters. The van der Waals surface area contributed by atoms with Crippen LogP contribution < -0.4 is 10.1 Å². The van der Waals surface area contributed by atoms with Gasteiger partial charge in [-0.15, -0.1) is 0 Å². The number of carboxylic acids is 1. The first-order valence-electron chi connectivity index (χ1n) is 11.4. The number of carboxylic acid groups (broad SMARTS) is 1. The largest absolute Gasteiger partial charge is 0.481 e. The summed E-state index contributed by atoms with van der Waals surface area (Å²) in [6, 6.07) is 0.762. The number of aromatic nitrogens is 1. The summed E-state index contributed by atoms with van der Waals surface area (Å²) >= 11 is 1.18. The van der Waals surface area contributed by atoms with Crippen LogP contribution >= 0.6 is 11.8 Å². The van der Waals surface area contributed by atoms with Gasteiger partial charge in [-0.2, -0.15) is 22.0 Å². The van der Waals surface area contributed by atoms with E-state index in [0.29, 0.717) is 38.7 Å². The van der Waals surface area contributed by atoms with Crippen molar-refractivity contribution in [2.24, 2.45) is 17.3 Å². The first kappa shape index (κ1) is 27.5. The van der Waals surface area contributed by atoms with Gasteiger partial charge in [-0.05, 0) is 30.7 Å². The maximum atomic E-state index is 13.2. The minimum Gasteiger partial charge on any atom is -0.481 e. The van der Waals surface area contributed by atoms with E-state index in [1.165, 1.54) is 11.8 Å². The quantitative estimate of drug-likeness (QED) is 0.401. The van der Waals surface area contributed by atoms with E-state index in [-0.39, 0.29) is 17.4 Å². The van der Waals surface area contributed by atoms with Crippen LogP contribution in [0.4, 0.5) is 22.0 Å². The third kappa shape index (κ3) is 6.58. The topological polar surface area (TPSA) is 74.7 Å². The van der Waals surface area contributed by atoms with Gasteiger partial charge >= 0.3 is 18.8 Å². The summed E-state index contributed by atoms with van der Waals surface area (Å²) in [5.74, 6) is -0.920. The molecule has 6 nitrogen and oxygen atoms in total. The Hall–Kier alpha value is -2.08. The number of hydrogen-bond acceptors (Lipinski definition) is 6. The summed E-state index contributed by atoms with van der Waals surface area (Å²) < 4.78 is 69.7. The Labute approximate surface area is 205 Å². The van der Waals surface area contributed by atoms with Gasteiger partial charge in [-0.3, -0.25) is 9.69 Å². The summed E-state index contributed by atoms with van der Waals surface area (Å²) in [6.45, 7) is 4.32. The van der Waals surface area contributed by atoms with Crippen LogP contribution in [-0.2, 0) is 11.0 Å². The van der Waals surface area contributed by atoms with Crippen LogP contribution in [0.15, 0.2) is 23.4 Å². The molecule has 0 radical (unpaired) electrons. The molecule has 1 aromatic heterocycles. The van der Waals surface area contributed by atoms with Gasteiger partial charge in [0.1, 0.15) is 5.37 Å². The number of halogens is 5. The second kappa shape index (κ2) is 10.9. The molecule has 0 aliphatic carbocycles. The molecule has 12 heteroatoms. The van der Waals surface area contributed by atoms with Crippen molar-refractivity contribution in [3.05, 3.63) is 34.5 Å². The van der Waals surface area contributed by atoms with E-state index < -0.39 is 41.0 Å². The van der Waals surface area contributed by atoms with Gasteiger partial charge in [-0.1, -0.05) is 39.0 Å². The molecule has 2 aliphatic rings. The van der Waals surface area contributed by atoms with E-state index in [9.17, 15) is 31.9 Å². The van der Waals surface area contributed by atoms with Crippen LogP contribution in [0, 0.1) is 17.3 Å². The number of pyridine rings is 1. The molecular formula is C23H30F5N3O3S. The van der Waals surface area contributed by atoms with E-state index in [4.69, 9.17) is 0 Å². The fraction of sp³-hybridized carbons (Fsp3) is 0.652. The summed E-state index contributed by atoms with van der Waals surface area (Å²) in [7, 11) is 0. The van der Waals surface area contributed by atoms with Crippen LogP contribution in [0.3, 0.4) is 0 Å². The van der Waals surface area contributed by atoms with E-state index in [1.54, 1.807) is 6.20 Å². The highest BCUT2D eigenvalue weighted by molar-refractivity contribution is 8.03. The van der Waals surface area contributed by atoms with Crippen molar-refractivity contribution in [1.29, 1.82) is 0 Å². The van der Waals surface area contributed by atoms with Crippen molar-refractivity contribution in [2.45, 2.75) is 58.2 Å². The molecule has 1 saturated heterocycles. The Morgan fingerprint density at radius 3 is 2.69 bits per heavy atom. The zero-order valence-corrected chi connectivity index (χ0v) is 20.6. The first-order chi connectivity index (χ1) is 16.3. The van der Waals surface area contributed by atoms with Crippen molar-refractivity contribution < 1.29 is 36.6 Å². The van der Waals surface area contributed by atoms with Crippen LogP contribution in [-0.4, -0.2) is 47.2 Å². The average Bonchev–Trinajstić information content (AvgIpc) is 3.20. The predicted molar refractivity (Wildman–Crippen MR) is 122 cm³/mol. The van der Waals surface area contributed by atoms with Crippen molar-refractivity contribution in [2.75, 3.05) is 19.6 Å². The molecular weight excluding hydrogens is 493 g/mol. The maximum absolute atomic E-state index is 13.2. The van der Waals surface area contributed by atoms with Crippen molar-refractivity contribution in [1.82, 2.24) is 15.2 Å². The summed E-state index contributed by atoms with van der Waals surface area (Å²) in [5.41, 5.74) is -2.06. The molecule has 0 bridgehead atoms. The van der Waals surface area contributed by atoms with E-state index in [0.717, 1.165) is 17.4 Å². The first-order valence-corrected chi connectivity index (χ1v) is 12.3. The average molecular weight is 524 g/mol. The number of nitrogens with one attached hydrogen (secondary N) is 1. The smallest absolute Gasteiger partial charge is 0.417 e. The van der Waals surface area contributed by atoms with Gasteiger partial charge in [-0.25, -0.2) is 4.98 Å². The fourth-order valence-electron chi connectivity index (χ4n) is 4.78. The number of hydrogen-bond donors (Lipinski definition) is 2. The molecule has 196 valence electrons. The van der Waals surface area contributed by atoms with Crippen molar-refractivity contribution in [3.63, 3.8) is 0 Å². The third-order valence-corrected chi connectivity index (χ3v) is 7.71. The molecule has 0 aromatic carbocycles. The molecule has 1 fully saturated rings. The van der Waals surface area contributed by atoms with E-state index >= 15 is 0 Å². The third-order valence-electron chi connectivity index (χ3n) is 6.53. The molecule has 2 N–H and O–H groups in total. The Kier molecular flexibility index (Phi) is 8.56. The van der Waals surface area contributed by atoms with Gasteiger partial charge in [0.15, 0.2) is 0 Å². The van der Waals surface area contributed by atoms with E-state index in [1.807, 2.05) is 6.92 Å². The minimum absolute atomic E-state index is 0.138. The highest BCUT2D eigenvalue weighted by atomic mass is 32.2. The number of rotatable bonds is 9. The normalized spacial score (nSPS) is 25.6. The lowest BCUT2D eigenvalue weighted by atomic mass is 9.70. The summed E-state index contributed by atoms with van der Waals surface area (Å²) in [4.78, 5) is 18.6. The molecule has 1 aromatic rings. The van der Waals surface area contributed by atoms with Crippen molar-refractivity contribution in [3.8, 4) is 5.88 Å². The second-order valence-corrected chi connectivity index (χ2v) is 10.7. The number of ether oxygens (including phenoxy) is 1. The predicted octanol–water partition coefficient (Wildman–Crippen LogP) is 5.73. The zero-order valence-electron chi connectivity index (χ0n) is 19.7.